The molecule has 0 spiro atoms. The average Bonchev–Trinajstić information content (AvgIpc) is 3.20. The second-order valence-electron chi connectivity index (χ2n) is 5.92. The molecule has 0 saturated carbocycles. The first-order valence-electron chi connectivity index (χ1n) is 8.74. The standard InChI is InChI=1S/C22H17N3O2S/c1-26-18-8-5-16(6-9-18)7-10-19-22(25-21-15-28-14-20(21)24-19)27-13-11-17-4-2-3-12-23-17/h2-6,8-9,12,14-15H,11,13H2,1H3. The van der Waals surface area contributed by atoms with E-state index in [1.54, 1.807) is 24.6 Å². The number of nitrogens with zero attached hydrogens (tertiary/aromatic N) is 3. The minimum absolute atomic E-state index is 0.447. The van der Waals surface area contributed by atoms with Gasteiger partial charge < -0.3 is 9.47 Å². The smallest absolute Gasteiger partial charge is 0.249 e. The normalized spacial score (nSPS) is 10.3. The largest absolute Gasteiger partial charge is 0.497 e. The van der Waals surface area contributed by atoms with Crippen molar-refractivity contribution >= 4 is 22.4 Å². The summed E-state index contributed by atoms with van der Waals surface area (Å²) in [6.07, 6.45) is 2.47. The van der Waals surface area contributed by atoms with E-state index in [0.29, 0.717) is 24.6 Å². The molecule has 0 unspecified atom stereocenters. The highest BCUT2D eigenvalue weighted by Gasteiger charge is 2.09. The molecule has 0 radical (unpaired) electrons. The highest BCUT2D eigenvalue weighted by molar-refractivity contribution is 7.09. The van der Waals surface area contributed by atoms with E-state index >= 15 is 0 Å². The summed E-state index contributed by atoms with van der Waals surface area (Å²) in [6.45, 7) is 0.457. The second-order valence-corrected chi connectivity index (χ2v) is 6.66. The zero-order chi connectivity index (χ0) is 19.2. The SMILES string of the molecule is COc1ccc(C#Cc2nc3cscc3nc2OCCc2ccccn2)cc1. The van der Waals surface area contributed by atoms with Gasteiger partial charge in [-0.25, -0.2) is 9.97 Å². The van der Waals surface area contributed by atoms with Crippen LogP contribution in [0.15, 0.2) is 59.4 Å². The molecule has 4 rings (SSSR count). The van der Waals surface area contributed by atoms with Gasteiger partial charge in [0.15, 0.2) is 5.69 Å². The molecule has 0 amide bonds. The lowest BCUT2D eigenvalue weighted by Gasteiger charge is -2.07. The Morgan fingerprint density at radius 2 is 1.79 bits per heavy atom. The summed E-state index contributed by atoms with van der Waals surface area (Å²) in [5.74, 6) is 7.46. The zero-order valence-corrected chi connectivity index (χ0v) is 16.1. The van der Waals surface area contributed by atoms with Crippen LogP contribution in [0.2, 0.25) is 0 Å². The topological polar surface area (TPSA) is 57.1 Å². The third-order valence-corrected chi connectivity index (χ3v) is 4.74. The van der Waals surface area contributed by atoms with Gasteiger partial charge in [0.05, 0.1) is 13.7 Å². The van der Waals surface area contributed by atoms with Crippen molar-refractivity contribution in [1.29, 1.82) is 0 Å². The van der Waals surface area contributed by atoms with E-state index in [1.807, 2.05) is 53.2 Å². The van der Waals surface area contributed by atoms with Gasteiger partial charge in [-0.3, -0.25) is 4.98 Å². The van der Waals surface area contributed by atoms with Gasteiger partial charge in [0.1, 0.15) is 16.8 Å². The molecule has 0 aliphatic rings. The number of rotatable bonds is 5. The number of hydrogen-bond acceptors (Lipinski definition) is 6. The summed E-state index contributed by atoms with van der Waals surface area (Å²) < 4.78 is 11.1. The van der Waals surface area contributed by atoms with Crippen molar-refractivity contribution in [1.82, 2.24) is 15.0 Å². The molecule has 4 aromatic rings. The van der Waals surface area contributed by atoms with E-state index in [0.717, 1.165) is 28.0 Å². The zero-order valence-electron chi connectivity index (χ0n) is 15.3. The number of hydrogen-bond donors (Lipinski definition) is 0. The van der Waals surface area contributed by atoms with Gasteiger partial charge in [-0.15, -0.1) is 11.3 Å². The Morgan fingerprint density at radius 1 is 0.964 bits per heavy atom. The van der Waals surface area contributed by atoms with Gasteiger partial charge in [0.25, 0.3) is 0 Å². The maximum absolute atomic E-state index is 5.91. The Morgan fingerprint density at radius 3 is 2.54 bits per heavy atom. The third-order valence-electron chi connectivity index (χ3n) is 4.02. The maximum atomic E-state index is 5.91. The quantitative estimate of drug-likeness (QED) is 0.482. The predicted octanol–water partition coefficient (Wildman–Crippen LogP) is 4.12. The Hall–Kier alpha value is -3.43. The van der Waals surface area contributed by atoms with Crippen LogP contribution in [-0.4, -0.2) is 28.7 Å². The van der Waals surface area contributed by atoms with Crippen molar-refractivity contribution in [3.63, 3.8) is 0 Å². The average molecular weight is 387 g/mol. The van der Waals surface area contributed by atoms with Crippen molar-refractivity contribution in [2.75, 3.05) is 13.7 Å². The van der Waals surface area contributed by atoms with Gasteiger partial charge in [-0.1, -0.05) is 12.0 Å². The highest BCUT2D eigenvalue weighted by atomic mass is 32.1. The molecule has 3 heterocycles. The van der Waals surface area contributed by atoms with Crippen LogP contribution in [0.4, 0.5) is 0 Å². The maximum Gasteiger partial charge on any atom is 0.249 e. The van der Waals surface area contributed by atoms with E-state index in [4.69, 9.17) is 9.47 Å². The molecule has 0 aliphatic heterocycles. The molecule has 0 bridgehead atoms. The lowest BCUT2D eigenvalue weighted by Crippen LogP contribution is -2.06. The number of ether oxygens (including phenoxy) is 2. The molecule has 0 N–H and O–H groups in total. The fourth-order valence-electron chi connectivity index (χ4n) is 2.57. The number of benzene rings is 1. The molecule has 0 atom stereocenters. The van der Waals surface area contributed by atoms with E-state index < -0.39 is 0 Å². The number of aromatic nitrogens is 3. The monoisotopic (exact) mass is 387 g/mol. The fourth-order valence-corrected chi connectivity index (χ4v) is 3.24. The van der Waals surface area contributed by atoms with Gasteiger partial charge >= 0.3 is 0 Å². The minimum Gasteiger partial charge on any atom is -0.497 e. The molecule has 3 aromatic heterocycles. The van der Waals surface area contributed by atoms with Gasteiger partial charge in [0.2, 0.25) is 5.88 Å². The molecule has 0 aliphatic carbocycles. The Labute approximate surface area is 167 Å². The van der Waals surface area contributed by atoms with Gasteiger partial charge in [0, 0.05) is 34.6 Å². The number of methoxy groups -OCH3 is 1. The second kappa shape index (κ2) is 8.51. The molecular weight excluding hydrogens is 370 g/mol. The van der Waals surface area contributed by atoms with E-state index in [9.17, 15) is 0 Å². The van der Waals surface area contributed by atoms with Crippen molar-refractivity contribution in [3.8, 4) is 23.5 Å². The molecule has 0 saturated heterocycles. The summed E-state index contributed by atoms with van der Waals surface area (Å²) in [6, 6.07) is 13.4. The number of thiophene rings is 1. The molecule has 0 fully saturated rings. The molecular formula is C22H17N3O2S. The van der Waals surface area contributed by atoms with E-state index in [2.05, 4.69) is 26.8 Å². The van der Waals surface area contributed by atoms with Gasteiger partial charge in [-0.2, -0.15) is 0 Å². The van der Waals surface area contributed by atoms with Crippen LogP contribution >= 0.6 is 11.3 Å². The number of pyridine rings is 1. The predicted molar refractivity (Wildman–Crippen MR) is 110 cm³/mol. The van der Waals surface area contributed by atoms with E-state index in [1.165, 1.54) is 0 Å². The van der Waals surface area contributed by atoms with Crippen LogP contribution in [-0.2, 0) is 6.42 Å². The summed E-state index contributed by atoms with van der Waals surface area (Å²) in [7, 11) is 1.64. The fraction of sp³-hybridized carbons (Fsp3) is 0.136. The van der Waals surface area contributed by atoms with Crippen molar-refractivity contribution in [2.45, 2.75) is 6.42 Å². The van der Waals surface area contributed by atoms with Crippen molar-refractivity contribution < 1.29 is 9.47 Å². The molecule has 6 heteroatoms. The first-order valence-corrected chi connectivity index (χ1v) is 9.69. The lowest BCUT2D eigenvalue weighted by atomic mass is 10.2. The number of fused-ring (bicyclic) bond motifs is 1. The highest BCUT2D eigenvalue weighted by Crippen LogP contribution is 2.21. The molecule has 5 nitrogen and oxygen atoms in total. The van der Waals surface area contributed by atoms with Crippen LogP contribution in [0, 0.1) is 11.8 Å². The Kier molecular flexibility index (Phi) is 5.46. The van der Waals surface area contributed by atoms with Crippen LogP contribution in [0.3, 0.4) is 0 Å². The molecule has 1 aromatic carbocycles. The summed E-state index contributed by atoms with van der Waals surface area (Å²) >= 11 is 1.56. The summed E-state index contributed by atoms with van der Waals surface area (Å²) in [5, 5.41) is 3.91. The minimum atomic E-state index is 0.447. The van der Waals surface area contributed by atoms with E-state index in [-0.39, 0.29) is 0 Å². The summed E-state index contributed by atoms with van der Waals surface area (Å²) in [4.78, 5) is 13.5. The Bertz CT molecular complexity index is 1130. The molecule has 138 valence electrons. The van der Waals surface area contributed by atoms with Gasteiger partial charge in [-0.05, 0) is 42.3 Å². The van der Waals surface area contributed by atoms with Crippen LogP contribution in [0.25, 0.3) is 11.0 Å². The summed E-state index contributed by atoms with van der Waals surface area (Å²) in [5.41, 5.74) is 4.00. The van der Waals surface area contributed by atoms with Crippen LogP contribution in [0.5, 0.6) is 11.6 Å². The molecule has 28 heavy (non-hydrogen) atoms. The first-order chi connectivity index (χ1) is 13.8. The van der Waals surface area contributed by atoms with Crippen LogP contribution in [0.1, 0.15) is 17.0 Å². The van der Waals surface area contributed by atoms with Crippen molar-refractivity contribution in [3.05, 3.63) is 76.4 Å². The van der Waals surface area contributed by atoms with Crippen molar-refractivity contribution in [2.24, 2.45) is 0 Å². The first kappa shape index (κ1) is 18.0. The third kappa shape index (κ3) is 4.27. The Balaban J connectivity index is 1.57. The van der Waals surface area contributed by atoms with Crippen LogP contribution < -0.4 is 9.47 Å². The lowest BCUT2D eigenvalue weighted by molar-refractivity contribution is 0.307.